The molecule has 2 nitrogen and oxygen atoms in total. The topological polar surface area (TPSA) is 8.17 Å². The molecule has 0 saturated carbocycles. The van der Waals surface area contributed by atoms with Crippen molar-refractivity contribution in [2.75, 3.05) is 4.90 Å². The Bertz CT molecular complexity index is 3590. The van der Waals surface area contributed by atoms with Gasteiger partial charge in [-0.15, -0.1) is 0 Å². The van der Waals surface area contributed by atoms with Gasteiger partial charge in [0.15, 0.2) is 0 Å². The first-order valence-corrected chi connectivity index (χ1v) is 22.0. The number of hydrogen-bond donors (Lipinski definition) is 0. The molecule has 0 atom stereocenters. The average Bonchev–Trinajstić information content (AvgIpc) is 3.71. The van der Waals surface area contributed by atoms with E-state index in [2.05, 4.69) is 264 Å². The number of fused-ring (bicyclic) bond motifs is 6. The monoisotopic (exact) mass is 814 g/mol. The number of benzene rings is 11. The molecule has 0 N–H and O–H groups in total. The normalized spacial score (nSPS) is 11.4. The Kier molecular flexibility index (Phi) is 9.20. The number of rotatable bonds is 8. The second kappa shape index (κ2) is 15.8. The van der Waals surface area contributed by atoms with Crippen LogP contribution in [0.3, 0.4) is 0 Å². The van der Waals surface area contributed by atoms with Gasteiger partial charge in [0, 0.05) is 33.4 Å². The van der Waals surface area contributed by atoms with E-state index in [9.17, 15) is 0 Å². The molecule has 0 fully saturated rings. The van der Waals surface area contributed by atoms with Gasteiger partial charge in [-0.25, -0.2) is 0 Å². The highest BCUT2D eigenvalue weighted by Gasteiger charge is 2.21. The highest BCUT2D eigenvalue weighted by molar-refractivity contribution is 6.13. The third-order valence-electron chi connectivity index (χ3n) is 12.8. The van der Waals surface area contributed by atoms with Crippen molar-refractivity contribution >= 4 is 60.4 Å². The number of nitrogens with zero attached hydrogens (tertiary/aromatic N) is 2. The summed E-state index contributed by atoms with van der Waals surface area (Å²) in [5.74, 6) is 0. The van der Waals surface area contributed by atoms with Gasteiger partial charge in [-0.05, 0) is 127 Å². The van der Waals surface area contributed by atoms with E-state index in [1.54, 1.807) is 0 Å². The van der Waals surface area contributed by atoms with Crippen molar-refractivity contribution in [3.05, 3.63) is 255 Å². The first-order chi connectivity index (χ1) is 31.7. The second-order valence-electron chi connectivity index (χ2n) is 16.5. The summed E-state index contributed by atoms with van der Waals surface area (Å²) in [6, 6.07) is 92.8. The molecule has 64 heavy (non-hydrogen) atoms. The van der Waals surface area contributed by atoms with Gasteiger partial charge in [-0.2, -0.15) is 0 Å². The maximum Gasteiger partial charge on any atom is 0.0541 e. The second-order valence-corrected chi connectivity index (χ2v) is 16.5. The molecule has 0 saturated heterocycles. The van der Waals surface area contributed by atoms with Crippen molar-refractivity contribution in [2.24, 2.45) is 0 Å². The Balaban J connectivity index is 1.06. The largest absolute Gasteiger partial charge is 0.310 e. The summed E-state index contributed by atoms with van der Waals surface area (Å²) < 4.78 is 2.38. The van der Waals surface area contributed by atoms with E-state index in [1.807, 2.05) is 0 Å². The van der Waals surface area contributed by atoms with Gasteiger partial charge in [0.25, 0.3) is 0 Å². The minimum absolute atomic E-state index is 1.08. The van der Waals surface area contributed by atoms with Crippen molar-refractivity contribution < 1.29 is 0 Å². The lowest BCUT2D eigenvalue weighted by molar-refractivity contribution is 1.18. The molecular weight excluding hydrogens is 773 g/mol. The minimum Gasteiger partial charge on any atom is -0.310 e. The molecular formula is C62H42N2. The maximum atomic E-state index is 2.45. The number of hydrogen-bond acceptors (Lipinski definition) is 1. The van der Waals surface area contributed by atoms with Crippen LogP contribution in [0.25, 0.3) is 93.5 Å². The zero-order valence-corrected chi connectivity index (χ0v) is 35.1. The van der Waals surface area contributed by atoms with Crippen molar-refractivity contribution in [2.45, 2.75) is 0 Å². The Morgan fingerprint density at radius 1 is 0.266 bits per heavy atom. The first-order valence-electron chi connectivity index (χ1n) is 22.0. The van der Waals surface area contributed by atoms with Crippen LogP contribution in [0, 0.1) is 0 Å². The van der Waals surface area contributed by atoms with Crippen LogP contribution < -0.4 is 4.90 Å². The molecule has 12 aromatic rings. The smallest absolute Gasteiger partial charge is 0.0541 e. The standard InChI is InChI=1S/C62H42N2/c1-4-17-43(18-5-1)48-39-49(44-19-6-2-7-20-44)41-52(40-48)63(51-35-31-46(32-36-51)54-27-16-28-56-53-24-11-10-21-45(53)33-37-57(54)56)60-29-14-12-25-55(60)47-34-38-62-59(42-47)58-26-13-15-30-61(58)64(62)50-22-8-3-9-23-50/h1-42H. The van der Waals surface area contributed by atoms with Gasteiger partial charge in [-0.1, -0.05) is 188 Å². The predicted molar refractivity (Wildman–Crippen MR) is 272 cm³/mol. The molecule has 0 radical (unpaired) electrons. The average molecular weight is 815 g/mol. The highest BCUT2D eigenvalue weighted by atomic mass is 15.1. The number of para-hydroxylation sites is 3. The minimum atomic E-state index is 1.08. The SMILES string of the molecule is c1ccc(-c2cc(-c3ccccc3)cc(N(c3ccc(-c4cccc5c4ccc4ccccc45)cc3)c3ccccc3-c3ccc4c(c3)c3ccccc3n4-c3ccccc3)c2)cc1. The van der Waals surface area contributed by atoms with Crippen molar-refractivity contribution in [3.8, 4) is 50.2 Å². The summed E-state index contributed by atoms with van der Waals surface area (Å²) in [7, 11) is 0. The number of anilines is 3. The Labute approximate surface area is 373 Å². The quantitative estimate of drug-likeness (QED) is 0.139. The Hall–Kier alpha value is -8.46. The van der Waals surface area contributed by atoms with Gasteiger partial charge in [0.2, 0.25) is 0 Å². The summed E-state index contributed by atoms with van der Waals surface area (Å²) in [5, 5.41) is 7.51. The van der Waals surface area contributed by atoms with Gasteiger partial charge in [-0.3, -0.25) is 0 Å². The predicted octanol–water partition coefficient (Wildman–Crippen LogP) is 17.2. The van der Waals surface area contributed by atoms with Gasteiger partial charge in [0.05, 0.1) is 16.7 Å². The highest BCUT2D eigenvalue weighted by Crippen LogP contribution is 2.45. The van der Waals surface area contributed by atoms with Crippen LogP contribution in [0.1, 0.15) is 0 Å². The molecule has 0 aliphatic carbocycles. The van der Waals surface area contributed by atoms with Gasteiger partial charge in [0.1, 0.15) is 0 Å². The van der Waals surface area contributed by atoms with E-state index >= 15 is 0 Å². The fourth-order valence-corrected chi connectivity index (χ4v) is 9.75. The van der Waals surface area contributed by atoms with Crippen LogP contribution >= 0.6 is 0 Å². The summed E-state index contributed by atoms with van der Waals surface area (Å²) in [6.45, 7) is 0. The van der Waals surface area contributed by atoms with Crippen LogP contribution in [0.15, 0.2) is 255 Å². The fraction of sp³-hybridized carbons (Fsp3) is 0. The van der Waals surface area contributed by atoms with Crippen LogP contribution in [-0.4, -0.2) is 4.57 Å². The number of aromatic nitrogens is 1. The summed E-state index contributed by atoms with van der Waals surface area (Å²) in [6.07, 6.45) is 0. The molecule has 300 valence electrons. The van der Waals surface area contributed by atoms with E-state index in [0.29, 0.717) is 0 Å². The van der Waals surface area contributed by atoms with Crippen molar-refractivity contribution in [3.63, 3.8) is 0 Å². The van der Waals surface area contributed by atoms with E-state index in [1.165, 1.54) is 65.6 Å². The molecule has 0 amide bonds. The van der Waals surface area contributed by atoms with Crippen LogP contribution in [-0.2, 0) is 0 Å². The maximum absolute atomic E-state index is 2.45. The van der Waals surface area contributed by atoms with E-state index in [0.717, 1.165) is 45.0 Å². The third kappa shape index (κ3) is 6.52. The van der Waals surface area contributed by atoms with E-state index in [-0.39, 0.29) is 0 Å². The first kappa shape index (κ1) is 37.3. The fourth-order valence-electron chi connectivity index (χ4n) is 9.75. The molecule has 0 aliphatic rings. The molecule has 1 heterocycles. The third-order valence-corrected chi connectivity index (χ3v) is 12.8. The summed E-state index contributed by atoms with van der Waals surface area (Å²) >= 11 is 0. The molecule has 0 aliphatic heterocycles. The molecule has 2 heteroatoms. The Morgan fingerprint density at radius 3 is 1.59 bits per heavy atom. The van der Waals surface area contributed by atoms with E-state index in [4.69, 9.17) is 0 Å². The van der Waals surface area contributed by atoms with Gasteiger partial charge >= 0.3 is 0 Å². The van der Waals surface area contributed by atoms with Crippen molar-refractivity contribution in [1.82, 2.24) is 4.57 Å². The van der Waals surface area contributed by atoms with Crippen molar-refractivity contribution in [1.29, 1.82) is 0 Å². The molecule has 0 unspecified atom stereocenters. The lowest BCUT2D eigenvalue weighted by Gasteiger charge is -2.29. The molecule has 11 aromatic carbocycles. The lowest BCUT2D eigenvalue weighted by Crippen LogP contribution is -2.11. The molecule has 0 bridgehead atoms. The van der Waals surface area contributed by atoms with E-state index < -0.39 is 0 Å². The zero-order valence-electron chi connectivity index (χ0n) is 35.1. The molecule has 0 spiro atoms. The van der Waals surface area contributed by atoms with Gasteiger partial charge < -0.3 is 9.47 Å². The molecule has 12 rings (SSSR count). The van der Waals surface area contributed by atoms with Crippen LogP contribution in [0.5, 0.6) is 0 Å². The lowest BCUT2D eigenvalue weighted by atomic mass is 9.94. The molecule has 1 aromatic heterocycles. The van der Waals surface area contributed by atoms with Crippen LogP contribution in [0.2, 0.25) is 0 Å². The summed E-state index contributed by atoms with van der Waals surface area (Å²) in [4.78, 5) is 2.45. The van der Waals surface area contributed by atoms with Crippen LogP contribution in [0.4, 0.5) is 17.1 Å². The Morgan fingerprint density at radius 2 is 0.844 bits per heavy atom. The summed E-state index contributed by atoms with van der Waals surface area (Å²) in [5.41, 5.74) is 16.2. The zero-order chi connectivity index (χ0) is 42.4.